The van der Waals surface area contributed by atoms with E-state index in [1.165, 1.54) is 0 Å². The molecule has 2 nitrogen and oxygen atoms in total. The van der Waals surface area contributed by atoms with Crippen LogP contribution in [0.4, 0.5) is 0 Å². The van der Waals surface area contributed by atoms with Crippen molar-refractivity contribution < 1.29 is 7.87 Å². The molecule has 0 aromatic heterocycles. The summed E-state index contributed by atoms with van der Waals surface area (Å²) >= 11 is 0.848. The van der Waals surface area contributed by atoms with E-state index in [1.54, 1.807) is 0 Å². The van der Waals surface area contributed by atoms with Crippen LogP contribution in [0.5, 0.6) is 0 Å². The monoisotopic (exact) mass is 263 g/mol. The predicted molar refractivity (Wildman–Crippen MR) is 45.2 cm³/mol. The van der Waals surface area contributed by atoms with E-state index >= 15 is 0 Å². The van der Waals surface area contributed by atoms with Gasteiger partial charge in [-0.05, 0) is 0 Å². The molecule has 0 bridgehead atoms. The van der Waals surface area contributed by atoms with Crippen LogP contribution < -0.4 is 0 Å². The zero-order valence-corrected chi connectivity index (χ0v) is 10.3. The second kappa shape index (κ2) is 5.01. The van der Waals surface area contributed by atoms with E-state index in [9.17, 15) is 4.79 Å². The Morgan fingerprint density at radius 1 is 1.27 bits per heavy atom. The minimum absolute atomic E-state index is 0.0248. The van der Waals surface area contributed by atoms with Gasteiger partial charge in [0, 0.05) is 0 Å². The molecule has 0 unspecified atom stereocenters. The first-order valence-electron chi connectivity index (χ1n) is 4.04. The van der Waals surface area contributed by atoms with E-state index in [-0.39, 0.29) is 11.4 Å². The summed E-state index contributed by atoms with van der Waals surface area (Å²) in [4.78, 5) is 11.3. The fourth-order valence-corrected chi connectivity index (χ4v) is 1.91. The third kappa shape index (κ3) is 2.35. The van der Waals surface area contributed by atoms with E-state index in [0.29, 0.717) is 0 Å². The molecular formula is C8H15O2Sn. The first-order chi connectivity index (χ1) is 5.16. The summed E-state index contributed by atoms with van der Waals surface area (Å²) < 4.78 is 4.84. The van der Waals surface area contributed by atoms with E-state index in [1.807, 2.05) is 20.8 Å². The molecule has 0 aromatic carbocycles. The molecule has 0 fully saturated rings. The SMILES string of the molecule is CCC(CC)(CC)C(=O)[O][Sn]. The molecule has 0 N–H and O–H groups in total. The Morgan fingerprint density at radius 3 is 1.73 bits per heavy atom. The van der Waals surface area contributed by atoms with E-state index in [0.717, 1.165) is 42.2 Å². The van der Waals surface area contributed by atoms with Gasteiger partial charge in [-0.3, -0.25) is 0 Å². The molecule has 3 radical (unpaired) electrons. The minimum atomic E-state index is -0.205. The number of carbonyl (C=O) groups is 1. The molecule has 11 heavy (non-hydrogen) atoms. The van der Waals surface area contributed by atoms with Crippen molar-refractivity contribution >= 4 is 28.9 Å². The van der Waals surface area contributed by atoms with Crippen molar-refractivity contribution in [1.82, 2.24) is 0 Å². The Kier molecular flexibility index (Phi) is 5.13. The van der Waals surface area contributed by atoms with Crippen LogP contribution in [-0.4, -0.2) is 28.9 Å². The predicted octanol–water partition coefficient (Wildman–Crippen LogP) is 1.83. The van der Waals surface area contributed by atoms with Crippen molar-refractivity contribution in [3.63, 3.8) is 0 Å². The molecule has 0 aliphatic heterocycles. The average molecular weight is 262 g/mol. The Hall–Kier alpha value is 0.269. The van der Waals surface area contributed by atoms with Crippen LogP contribution in [0, 0.1) is 5.41 Å². The van der Waals surface area contributed by atoms with Crippen LogP contribution in [-0.2, 0) is 7.87 Å². The fraction of sp³-hybridized carbons (Fsp3) is 0.875. The molecule has 0 amide bonds. The number of rotatable bonds is 4. The van der Waals surface area contributed by atoms with E-state index in [2.05, 4.69) is 0 Å². The summed E-state index contributed by atoms with van der Waals surface area (Å²) in [6.45, 7) is 6.12. The Morgan fingerprint density at radius 2 is 1.64 bits per heavy atom. The molecule has 63 valence electrons. The summed E-state index contributed by atoms with van der Waals surface area (Å²) in [5, 5.41) is 0. The zero-order chi connectivity index (χ0) is 8.91. The van der Waals surface area contributed by atoms with Gasteiger partial charge in [-0.1, -0.05) is 0 Å². The van der Waals surface area contributed by atoms with E-state index in [4.69, 9.17) is 3.07 Å². The molecule has 0 atom stereocenters. The van der Waals surface area contributed by atoms with Crippen molar-refractivity contribution in [2.24, 2.45) is 5.41 Å². The number of hydrogen-bond acceptors (Lipinski definition) is 2. The van der Waals surface area contributed by atoms with Crippen molar-refractivity contribution in [1.29, 1.82) is 0 Å². The van der Waals surface area contributed by atoms with Crippen LogP contribution in [0.2, 0.25) is 0 Å². The summed E-state index contributed by atoms with van der Waals surface area (Å²) in [7, 11) is 0. The van der Waals surface area contributed by atoms with Gasteiger partial charge in [-0.25, -0.2) is 0 Å². The van der Waals surface area contributed by atoms with Crippen LogP contribution in [0.25, 0.3) is 0 Å². The zero-order valence-electron chi connectivity index (χ0n) is 7.44. The van der Waals surface area contributed by atoms with Gasteiger partial charge in [0.15, 0.2) is 0 Å². The maximum atomic E-state index is 11.3. The molecule has 0 saturated heterocycles. The van der Waals surface area contributed by atoms with Gasteiger partial charge in [-0.2, -0.15) is 0 Å². The number of carbonyl (C=O) groups excluding carboxylic acids is 1. The molecule has 0 spiro atoms. The molecule has 0 heterocycles. The second-order valence-corrected chi connectivity index (χ2v) is 3.31. The summed E-state index contributed by atoms with van der Waals surface area (Å²) in [5.74, 6) is -0.0248. The fourth-order valence-electron chi connectivity index (χ4n) is 1.29. The van der Waals surface area contributed by atoms with Crippen molar-refractivity contribution in [2.75, 3.05) is 0 Å². The van der Waals surface area contributed by atoms with Gasteiger partial charge in [0.1, 0.15) is 0 Å². The molecule has 0 aliphatic rings. The van der Waals surface area contributed by atoms with Crippen molar-refractivity contribution in [3.05, 3.63) is 0 Å². The molecule has 0 aromatic rings. The van der Waals surface area contributed by atoms with Gasteiger partial charge in [0.25, 0.3) is 0 Å². The van der Waals surface area contributed by atoms with Gasteiger partial charge in [0.2, 0.25) is 0 Å². The standard InChI is InChI=1S/C8H16O2.Sn/c1-4-8(5-2,6-3)7(9)10;/h4-6H2,1-3H3,(H,9,10);/q;+1/p-1. The van der Waals surface area contributed by atoms with Gasteiger partial charge < -0.3 is 0 Å². The summed E-state index contributed by atoms with van der Waals surface area (Å²) in [6.07, 6.45) is 2.65. The Labute approximate surface area is 82.3 Å². The first kappa shape index (κ1) is 11.3. The molecule has 0 rings (SSSR count). The third-order valence-electron chi connectivity index (χ3n) is 2.56. The summed E-state index contributed by atoms with van der Waals surface area (Å²) in [6, 6.07) is 0. The average Bonchev–Trinajstić information content (AvgIpc) is 2.08. The number of hydrogen-bond donors (Lipinski definition) is 0. The van der Waals surface area contributed by atoms with Crippen molar-refractivity contribution in [3.8, 4) is 0 Å². The topological polar surface area (TPSA) is 26.3 Å². The van der Waals surface area contributed by atoms with Crippen LogP contribution in [0.1, 0.15) is 40.0 Å². The molecule has 0 aliphatic carbocycles. The second-order valence-electron chi connectivity index (χ2n) is 2.73. The first-order valence-corrected chi connectivity index (χ1v) is 5.21. The molecular weight excluding hydrogens is 247 g/mol. The molecule has 0 saturated carbocycles. The van der Waals surface area contributed by atoms with Crippen LogP contribution in [0.3, 0.4) is 0 Å². The van der Waals surface area contributed by atoms with E-state index < -0.39 is 0 Å². The van der Waals surface area contributed by atoms with Crippen molar-refractivity contribution in [2.45, 2.75) is 40.0 Å². The normalized spacial score (nSPS) is 11.3. The Balaban J connectivity index is 4.39. The Bertz CT molecular complexity index is 122. The van der Waals surface area contributed by atoms with Crippen LogP contribution >= 0.6 is 0 Å². The third-order valence-corrected chi connectivity index (χ3v) is 3.09. The maximum absolute atomic E-state index is 11.3. The quantitative estimate of drug-likeness (QED) is 0.722. The summed E-state index contributed by atoms with van der Waals surface area (Å²) in [5.41, 5.74) is -0.205. The van der Waals surface area contributed by atoms with Crippen LogP contribution in [0.15, 0.2) is 0 Å². The van der Waals surface area contributed by atoms with Gasteiger partial charge in [-0.15, -0.1) is 0 Å². The molecule has 3 heteroatoms. The van der Waals surface area contributed by atoms with Gasteiger partial charge in [0.05, 0.1) is 0 Å². The van der Waals surface area contributed by atoms with Gasteiger partial charge >= 0.3 is 82.2 Å².